The molecule has 4 heteroatoms. The van der Waals surface area contributed by atoms with Gasteiger partial charge in [0.15, 0.2) is 0 Å². The summed E-state index contributed by atoms with van der Waals surface area (Å²) in [5, 5.41) is 0. The molecule has 0 aliphatic rings. The number of aryl methyl sites for hydroxylation is 1. The fourth-order valence-corrected chi connectivity index (χ4v) is 2.53. The highest BCUT2D eigenvalue weighted by molar-refractivity contribution is 9.10. The zero-order valence-corrected chi connectivity index (χ0v) is 12.8. The van der Waals surface area contributed by atoms with Crippen LogP contribution >= 0.6 is 15.9 Å². The van der Waals surface area contributed by atoms with Gasteiger partial charge in [-0.05, 0) is 42.7 Å². The molecule has 0 unspecified atom stereocenters. The Morgan fingerprint density at radius 2 is 2.11 bits per heavy atom. The lowest BCUT2D eigenvalue weighted by Gasteiger charge is -2.20. The molecule has 0 radical (unpaired) electrons. The molecule has 2 rings (SSSR count). The van der Waals surface area contributed by atoms with Gasteiger partial charge in [0.25, 0.3) is 0 Å². The molecule has 19 heavy (non-hydrogen) atoms. The van der Waals surface area contributed by atoms with Crippen molar-refractivity contribution in [3.05, 3.63) is 52.1 Å². The predicted octanol–water partition coefficient (Wildman–Crippen LogP) is 3.41. The van der Waals surface area contributed by atoms with Crippen LogP contribution in [0.4, 0.5) is 11.5 Å². The first kappa shape index (κ1) is 13.9. The van der Waals surface area contributed by atoms with E-state index >= 15 is 0 Å². The Morgan fingerprint density at radius 3 is 2.79 bits per heavy atom. The van der Waals surface area contributed by atoms with Crippen LogP contribution in [0.15, 0.2) is 41.0 Å². The van der Waals surface area contributed by atoms with E-state index in [2.05, 4.69) is 51.1 Å². The molecule has 0 bridgehead atoms. The monoisotopic (exact) mass is 319 g/mol. The number of hydrogen-bond acceptors (Lipinski definition) is 3. The van der Waals surface area contributed by atoms with Gasteiger partial charge in [0.05, 0.1) is 11.9 Å². The van der Waals surface area contributed by atoms with E-state index in [4.69, 9.17) is 5.73 Å². The molecule has 0 fully saturated rings. The van der Waals surface area contributed by atoms with Crippen LogP contribution in [0.2, 0.25) is 0 Å². The van der Waals surface area contributed by atoms with Crippen molar-refractivity contribution in [3.8, 4) is 0 Å². The van der Waals surface area contributed by atoms with Gasteiger partial charge in [-0.15, -0.1) is 0 Å². The van der Waals surface area contributed by atoms with Gasteiger partial charge in [-0.25, -0.2) is 4.98 Å². The summed E-state index contributed by atoms with van der Waals surface area (Å²) in [6.45, 7) is 2.96. The molecule has 0 spiro atoms. The third-order valence-electron chi connectivity index (χ3n) is 3.06. The van der Waals surface area contributed by atoms with Crippen molar-refractivity contribution in [1.82, 2.24) is 4.98 Å². The van der Waals surface area contributed by atoms with Crippen LogP contribution < -0.4 is 10.6 Å². The molecule has 0 saturated heterocycles. The minimum atomic E-state index is 0.710. The van der Waals surface area contributed by atoms with Gasteiger partial charge in [0.2, 0.25) is 0 Å². The maximum Gasteiger partial charge on any atom is 0.131 e. The Bertz CT molecular complexity index is 569. The minimum Gasteiger partial charge on any atom is -0.397 e. The number of nitrogens with two attached hydrogens (primary N) is 1. The van der Waals surface area contributed by atoms with Gasteiger partial charge < -0.3 is 10.6 Å². The summed E-state index contributed by atoms with van der Waals surface area (Å²) < 4.78 is 1.12. The summed E-state index contributed by atoms with van der Waals surface area (Å²) in [4.78, 5) is 6.56. The van der Waals surface area contributed by atoms with Crippen LogP contribution in [0.1, 0.15) is 11.1 Å². The van der Waals surface area contributed by atoms with Gasteiger partial charge in [-0.1, -0.05) is 28.1 Å². The smallest absolute Gasteiger partial charge is 0.131 e. The zero-order chi connectivity index (χ0) is 13.8. The van der Waals surface area contributed by atoms with Gasteiger partial charge in [0, 0.05) is 18.1 Å². The van der Waals surface area contributed by atoms with Crippen LogP contribution in [0.25, 0.3) is 0 Å². The first-order valence-corrected chi connectivity index (χ1v) is 7.03. The standard InChI is InChI=1S/C15H18BrN3/c1-11-8-14(17)10-18-15(11)19(2)7-6-12-4-3-5-13(16)9-12/h3-5,8-10H,6-7,17H2,1-2H3. The third kappa shape index (κ3) is 3.70. The van der Waals surface area contributed by atoms with E-state index in [1.165, 1.54) is 5.56 Å². The number of halogens is 1. The van der Waals surface area contributed by atoms with Crippen LogP contribution in [0, 0.1) is 6.92 Å². The summed E-state index contributed by atoms with van der Waals surface area (Å²) in [5.41, 5.74) is 8.86. The molecule has 1 aromatic carbocycles. The number of likely N-dealkylation sites (N-methyl/N-ethyl adjacent to an activating group) is 1. The normalized spacial score (nSPS) is 10.5. The number of pyridine rings is 1. The van der Waals surface area contributed by atoms with Gasteiger partial charge in [-0.3, -0.25) is 0 Å². The van der Waals surface area contributed by atoms with E-state index in [0.29, 0.717) is 5.69 Å². The Labute approximate surface area is 122 Å². The molecule has 100 valence electrons. The van der Waals surface area contributed by atoms with Gasteiger partial charge in [0.1, 0.15) is 5.82 Å². The van der Waals surface area contributed by atoms with Crippen molar-refractivity contribution < 1.29 is 0 Å². The first-order valence-electron chi connectivity index (χ1n) is 6.24. The van der Waals surface area contributed by atoms with E-state index in [1.807, 2.05) is 19.1 Å². The summed E-state index contributed by atoms with van der Waals surface area (Å²) in [5.74, 6) is 0.990. The van der Waals surface area contributed by atoms with Crippen molar-refractivity contribution in [1.29, 1.82) is 0 Å². The van der Waals surface area contributed by atoms with E-state index in [1.54, 1.807) is 6.20 Å². The van der Waals surface area contributed by atoms with E-state index in [0.717, 1.165) is 28.8 Å². The Kier molecular flexibility index (Phi) is 4.43. The fraction of sp³-hybridized carbons (Fsp3) is 0.267. The minimum absolute atomic E-state index is 0.710. The number of nitrogen functional groups attached to an aromatic ring is 1. The zero-order valence-electron chi connectivity index (χ0n) is 11.2. The van der Waals surface area contributed by atoms with Gasteiger partial charge >= 0.3 is 0 Å². The molecule has 0 aliphatic heterocycles. The van der Waals surface area contributed by atoms with E-state index < -0.39 is 0 Å². The number of hydrogen-bond donors (Lipinski definition) is 1. The molecule has 2 aromatic rings. The quantitative estimate of drug-likeness (QED) is 0.939. The maximum atomic E-state index is 5.72. The second-order valence-electron chi connectivity index (χ2n) is 4.71. The van der Waals surface area contributed by atoms with Crippen LogP contribution in [-0.4, -0.2) is 18.6 Å². The third-order valence-corrected chi connectivity index (χ3v) is 3.55. The molecule has 1 aromatic heterocycles. The van der Waals surface area contributed by atoms with Crippen molar-refractivity contribution >= 4 is 27.4 Å². The molecule has 0 saturated carbocycles. The van der Waals surface area contributed by atoms with Crippen molar-refractivity contribution in [2.45, 2.75) is 13.3 Å². The number of anilines is 2. The average Bonchev–Trinajstić information content (AvgIpc) is 2.36. The molecule has 1 heterocycles. The highest BCUT2D eigenvalue weighted by Gasteiger charge is 2.06. The predicted molar refractivity (Wildman–Crippen MR) is 84.5 cm³/mol. The summed E-state index contributed by atoms with van der Waals surface area (Å²) in [6.07, 6.45) is 2.69. The fourth-order valence-electron chi connectivity index (χ4n) is 2.08. The maximum absolute atomic E-state index is 5.72. The molecular formula is C15H18BrN3. The summed E-state index contributed by atoms with van der Waals surface area (Å²) in [7, 11) is 2.06. The Hall–Kier alpha value is -1.55. The summed E-state index contributed by atoms with van der Waals surface area (Å²) in [6, 6.07) is 10.3. The molecule has 3 nitrogen and oxygen atoms in total. The molecule has 2 N–H and O–H groups in total. The van der Waals surface area contributed by atoms with Gasteiger partial charge in [-0.2, -0.15) is 0 Å². The molecule has 0 atom stereocenters. The second kappa shape index (κ2) is 6.06. The molecule has 0 aliphatic carbocycles. The number of aromatic nitrogens is 1. The number of nitrogens with zero attached hydrogens (tertiary/aromatic N) is 2. The lowest BCUT2D eigenvalue weighted by atomic mass is 10.1. The van der Waals surface area contributed by atoms with Crippen molar-refractivity contribution in [3.63, 3.8) is 0 Å². The number of benzene rings is 1. The Balaban J connectivity index is 2.03. The van der Waals surface area contributed by atoms with E-state index in [9.17, 15) is 0 Å². The molecule has 0 amide bonds. The second-order valence-corrected chi connectivity index (χ2v) is 5.63. The highest BCUT2D eigenvalue weighted by Crippen LogP contribution is 2.18. The van der Waals surface area contributed by atoms with Crippen LogP contribution in [-0.2, 0) is 6.42 Å². The SMILES string of the molecule is Cc1cc(N)cnc1N(C)CCc1cccc(Br)c1. The number of rotatable bonds is 4. The van der Waals surface area contributed by atoms with E-state index in [-0.39, 0.29) is 0 Å². The van der Waals surface area contributed by atoms with Crippen molar-refractivity contribution in [2.75, 3.05) is 24.2 Å². The molecular weight excluding hydrogens is 302 g/mol. The Morgan fingerprint density at radius 1 is 1.32 bits per heavy atom. The lowest BCUT2D eigenvalue weighted by molar-refractivity contribution is 0.855. The lowest BCUT2D eigenvalue weighted by Crippen LogP contribution is -2.22. The average molecular weight is 320 g/mol. The van der Waals surface area contributed by atoms with Crippen LogP contribution in [0.5, 0.6) is 0 Å². The largest absolute Gasteiger partial charge is 0.397 e. The van der Waals surface area contributed by atoms with Crippen molar-refractivity contribution in [2.24, 2.45) is 0 Å². The topological polar surface area (TPSA) is 42.1 Å². The first-order chi connectivity index (χ1) is 9.06. The summed E-state index contributed by atoms with van der Waals surface area (Å²) >= 11 is 3.49. The van der Waals surface area contributed by atoms with Crippen LogP contribution in [0.3, 0.4) is 0 Å². The highest BCUT2D eigenvalue weighted by atomic mass is 79.9.